The van der Waals surface area contributed by atoms with Crippen LogP contribution in [0.1, 0.15) is 72.9 Å². The number of benzene rings is 1. The number of nitrogens with zero attached hydrogens (tertiary/aromatic N) is 3. The lowest BCUT2D eigenvalue weighted by Crippen LogP contribution is -2.29. The zero-order valence-corrected chi connectivity index (χ0v) is 19.1. The van der Waals surface area contributed by atoms with Gasteiger partial charge in [0.1, 0.15) is 0 Å². The average molecular weight is 431 g/mol. The van der Waals surface area contributed by atoms with Gasteiger partial charge in [0.25, 0.3) is 0 Å². The van der Waals surface area contributed by atoms with Gasteiger partial charge in [0.05, 0.1) is 17.8 Å². The summed E-state index contributed by atoms with van der Waals surface area (Å²) in [6.45, 7) is 4.55. The number of rotatable bonds is 4. The normalized spacial score (nSPS) is 22.0. The molecule has 0 amide bonds. The summed E-state index contributed by atoms with van der Waals surface area (Å²) in [6, 6.07) is 19.7. The van der Waals surface area contributed by atoms with Crippen LogP contribution in [-0.4, -0.2) is 14.7 Å². The summed E-state index contributed by atoms with van der Waals surface area (Å²) in [6.07, 6.45) is 8.46. The van der Waals surface area contributed by atoms with Crippen molar-refractivity contribution in [3.63, 3.8) is 0 Å². The summed E-state index contributed by atoms with van der Waals surface area (Å²) < 4.78 is 2.59. The molecule has 1 aliphatic carbocycles. The Kier molecular flexibility index (Phi) is 5.53. The molecule has 0 radical (unpaired) electrons. The zero-order chi connectivity index (χ0) is 21.4. The molecule has 160 valence electrons. The number of nitrogens with one attached hydrogen (secondary N) is 1. The fourth-order valence-electron chi connectivity index (χ4n) is 5.54. The topological polar surface area (TPSA) is 33.1 Å². The SMILES string of the molecule is Cc1cc([C@@H]2[C@H](c3ccccn3)NC(=S)N2c2ccccc2)c(C)n1C1CCCCC1. The lowest BCUT2D eigenvalue weighted by atomic mass is 9.94. The van der Waals surface area contributed by atoms with Crippen molar-refractivity contribution in [1.82, 2.24) is 14.9 Å². The molecule has 2 fully saturated rings. The van der Waals surface area contributed by atoms with Crippen molar-refractivity contribution in [3.8, 4) is 0 Å². The summed E-state index contributed by atoms with van der Waals surface area (Å²) in [4.78, 5) is 6.97. The molecule has 1 saturated heterocycles. The standard InChI is InChI=1S/C26H30N4S/c1-18-17-22(19(2)29(18)20-11-5-3-6-12-20)25-24(23-15-9-10-16-27-23)28-26(31)30(25)21-13-7-4-8-14-21/h4,7-10,13-17,20,24-25H,3,5-6,11-12H2,1-2H3,(H,28,31)/t24-,25+/m0/s1. The van der Waals surface area contributed by atoms with Gasteiger partial charge in [-0.15, -0.1) is 0 Å². The first-order chi connectivity index (χ1) is 15.1. The largest absolute Gasteiger partial charge is 0.351 e. The number of aromatic nitrogens is 2. The van der Waals surface area contributed by atoms with Crippen LogP contribution in [0.5, 0.6) is 0 Å². The molecular formula is C26H30N4S. The first-order valence-electron chi connectivity index (χ1n) is 11.4. The van der Waals surface area contributed by atoms with Gasteiger partial charge in [-0.3, -0.25) is 4.98 Å². The van der Waals surface area contributed by atoms with Crippen molar-refractivity contribution in [2.75, 3.05) is 4.90 Å². The Morgan fingerprint density at radius 2 is 1.71 bits per heavy atom. The van der Waals surface area contributed by atoms with Crippen molar-refractivity contribution < 1.29 is 0 Å². The first-order valence-corrected chi connectivity index (χ1v) is 11.8. The lowest BCUT2D eigenvalue weighted by Gasteiger charge is -2.29. The van der Waals surface area contributed by atoms with Crippen LogP contribution in [0, 0.1) is 13.8 Å². The van der Waals surface area contributed by atoms with Crippen LogP contribution < -0.4 is 10.2 Å². The van der Waals surface area contributed by atoms with Crippen LogP contribution in [-0.2, 0) is 0 Å². The first kappa shape index (κ1) is 20.3. The van der Waals surface area contributed by atoms with Gasteiger partial charge in [0.2, 0.25) is 0 Å². The van der Waals surface area contributed by atoms with E-state index in [1.54, 1.807) is 0 Å². The van der Waals surface area contributed by atoms with Crippen molar-refractivity contribution in [2.24, 2.45) is 0 Å². The van der Waals surface area contributed by atoms with Crippen LogP contribution >= 0.6 is 12.2 Å². The molecule has 2 atom stereocenters. The van der Waals surface area contributed by atoms with E-state index in [1.165, 1.54) is 49.1 Å². The Labute approximate surface area is 190 Å². The van der Waals surface area contributed by atoms with Crippen LogP contribution in [0.2, 0.25) is 0 Å². The third-order valence-corrected chi connectivity index (χ3v) is 7.23. The minimum Gasteiger partial charge on any atom is -0.351 e. The molecule has 5 heteroatoms. The van der Waals surface area contributed by atoms with E-state index in [0.717, 1.165) is 16.5 Å². The second-order valence-corrected chi connectivity index (χ2v) is 9.21. The second kappa shape index (κ2) is 8.46. The second-order valence-electron chi connectivity index (χ2n) is 8.82. The molecule has 1 aliphatic heterocycles. The molecule has 1 N–H and O–H groups in total. The third kappa shape index (κ3) is 3.65. The van der Waals surface area contributed by atoms with Crippen molar-refractivity contribution >= 4 is 23.0 Å². The maximum atomic E-state index is 5.86. The minimum absolute atomic E-state index is 0.00853. The number of pyridine rings is 1. The summed E-state index contributed by atoms with van der Waals surface area (Å²) >= 11 is 5.86. The van der Waals surface area contributed by atoms with Gasteiger partial charge >= 0.3 is 0 Å². The maximum Gasteiger partial charge on any atom is 0.174 e. The fraction of sp³-hybridized carbons (Fsp3) is 0.385. The highest BCUT2D eigenvalue weighted by atomic mass is 32.1. The number of thiocarbonyl (C=S) groups is 1. The number of aryl methyl sites for hydroxylation is 1. The van der Waals surface area contributed by atoms with E-state index >= 15 is 0 Å². The monoisotopic (exact) mass is 430 g/mol. The van der Waals surface area contributed by atoms with Gasteiger partial charge in [0, 0.05) is 29.3 Å². The molecule has 0 spiro atoms. The summed E-state index contributed by atoms with van der Waals surface area (Å²) in [5.41, 5.74) is 6.20. The molecule has 31 heavy (non-hydrogen) atoms. The van der Waals surface area contributed by atoms with E-state index in [2.05, 4.69) is 77.2 Å². The minimum atomic E-state index is 0.00853. The highest BCUT2D eigenvalue weighted by Crippen LogP contribution is 2.44. The number of hydrogen-bond acceptors (Lipinski definition) is 2. The highest BCUT2D eigenvalue weighted by Gasteiger charge is 2.42. The Bertz CT molecular complexity index is 1050. The van der Waals surface area contributed by atoms with Gasteiger partial charge in [-0.05, 0) is 74.8 Å². The molecule has 0 bridgehead atoms. The predicted octanol–water partition coefficient (Wildman–Crippen LogP) is 6.18. The molecule has 1 saturated carbocycles. The maximum absolute atomic E-state index is 5.86. The van der Waals surface area contributed by atoms with Crippen LogP contribution in [0.15, 0.2) is 60.8 Å². The lowest BCUT2D eigenvalue weighted by molar-refractivity contribution is 0.345. The van der Waals surface area contributed by atoms with Gasteiger partial charge < -0.3 is 14.8 Å². The quantitative estimate of drug-likeness (QED) is 0.501. The smallest absolute Gasteiger partial charge is 0.174 e. The summed E-state index contributed by atoms with van der Waals surface area (Å²) in [5, 5.41) is 4.35. The van der Waals surface area contributed by atoms with E-state index in [0.29, 0.717) is 6.04 Å². The summed E-state index contributed by atoms with van der Waals surface area (Å²) in [7, 11) is 0. The van der Waals surface area contributed by atoms with Gasteiger partial charge in [0.15, 0.2) is 5.11 Å². The Balaban J connectivity index is 1.63. The Hall–Kier alpha value is -2.66. The van der Waals surface area contributed by atoms with Gasteiger partial charge in [-0.25, -0.2) is 0 Å². The fourth-order valence-corrected chi connectivity index (χ4v) is 5.89. The predicted molar refractivity (Wildman–Crippen MR) is 130 cm³/mol. The highest BCUT2D eigenvalue weighted by molar-refractivity contribution is 7.80. The van der Waals surface area contributed by atoms with Crippen LogP contribution in [0.3, 0.4) is 0 Å². The average Bonchev–Trinajstić information content (AvgIpc) is 3.30. The molecule has 5 rings (SSSR count). The Morgan fingerprint density at radius 1 is 0.968 bits per heavy atom. The molecule has 1 aromatic carbocycles. The number of anilines is 1. The van der Waals surface area contributed by atoms with E-state index in [4.69, 9.17) is 17.2 Å². The molecule has 3 heterocycles. The zero-order valence-electron chi connectivity index (χ0n) is 18.3. The van der Waals surface area contributed by atoms with Gasteiger partial charge in [-0.2, -0.15) is 0 Å². The van der Waals surface area contributed by atoms with E-state index < -0.39 is 0 Å². The van der Waals surface area contributed by atoms with Crippen molar-refractivity contribution in [1.29, 1.82) is 0 Å². The Morgan fingerprint density at radius 3 is 2.42 bits per heavy atom. The number of hydrogen-bond donors (Lipinski definition) is 1. The summed E-state index contributed by atoms with van der Waals surface area (Å²) in [5.74, 6) is 0. The molecule has 2 aromatic heterocycles. The van der Waals surface area contributed by atoms with Crippen molar-refractivity contribution in [2.45, 2.75) is 64.1 Å². The van der Waals surface area contributed by atoms with Crippen LogP contribution in [0.25, 0.3) is 0 Å². The van der Waals surface area contributed by atoms with E-state index in [9.17, 15) is 0 Å². The molecule has 3 aromatic rings. The van der Waals surface area contributed by atoms with Gasteiger partial charge in [-0.1, -0.05) is 43.5 Å². The number of para-hydroxylation sites is 1. The van der Waals surface area contributed by atoms with Crippen molar-refractivity contribution in [3.05, 3.63) is 83.4 Å². The molecule has 2 aliphatic rings. The molecular weight excluding hydrogens is 400 g/mol. The molecule has 0 unspecified atom stereocenters. The third-order valence-electron chi connectivity index (χ3n) is 6.91. The molecule has 4 nitrogen and oxygen atoms in total. The van der Waals surface area contributed by atoms with E-state index in [-0.39, 0.29) is 12.1 Å². The van der Waals surface area contributed by atoms with E-state index in [1.807, 2.05) is 12.3 Å². The van der Waals surface area contributed by atoms with Crippen LogP contribution in [0.4, 0.5) is 5.69 Å².